The smallest absolute Gasteiger partial charge is 0.158 e. The predicted octanol–water partition coefficient (Wildman–Crippen LogP) is 0.0558. The Morgan fingerprint density at radius 2 is 2.08 bits per heavy atom. The molecule has 0 saturated heterocycles. The third-order valence-electron chi connectivity index (χ3n) is 2.17. The highest BCUT2D eigenvalue weighted by Crippen LogP contribution is 2.44. The van der Waals surface area contributed by atoms with Crippen LogP contribution in [0.3, 0.4) is 0 Å². The molecule has 3 N–H and O–H groups in total. The molecule has 0 amide bonds. The topological polar surface area (TPSA) is 84.0 Å². The van der Waals surface area contributed by atoms with Gasteiger partial charge in [-0.15, -0.1) is 0 Å². The van der Waals surface area contributed by atoms with Gasteiger partial charge in [0.2, 0.25) is 0 Å². The normalized spacial score (nSPS) is 21.1. The van der Waals surface area contributed by atoms with Crippen molar-refractivity contribution in [2.45, 2.75) is 17.6 Å². The van der Waals surface area contributed by atoms with Gasteiger partial charge < -0.3 is 11.1 Å². The van der Waals surface area contributed by atoms with Crippen molar-refractivity contribution in [3.05, 3.63) is 12.3 Å². The fraction of sp³-hybridized carbons (Fsp3) is 0.571. The van der Waals surface area contributed by atoms with E-state index in [1.165, 1.54) is 18.5 Å². The van der Waals surface area contributed by atoms with Crippen LogP contribution in [-0.2, 0) is 9.84 Å². The maximum atomic E-state index is 11.2. The van der Waals surface area contributed by atoms with E-state index in [2.05, 4.69) is 0 Å². The molecule has 0 aliphatic heterocycles. The average Bonchev–Trinajstić information content (AvgIpc) is 2.63. The summed E-state index contributed by atoms with van der Waals surface area (Å²) < 4.78 is 21.5. The highest BCUT2D eigenvalue weighted by Gasteiger charge is 2.54. The van der Waals surface area contributed by atoms with Gasteiger partial charge in [0.05, 0.1) is 5.71 Å². The van der Waals surface area contributed by atoms with Gasteiger partial charge in [-0.25, -0.2) is 8.42 Å². The van der Waals surface area contributed by atoms with Crippen molar-refractivity contribution >= 4 is 15.5 Å². The van der Waals surface area contributed by atoms with Crippen LogP contribution < -0.4 is 5.73 Å². The lowest BCUT2D eigenvalue weighted by Gasteiger charge is -2.10. The molecule has 0 radical (unpaired) electrons. The van der Waals surface area contributed by atoms with E-state index in [-0.39, 0.29) is 5.71 Å². The van der Waals surface area contributed by atoms with Crippen LogP contribution in [0.15, 0.2) is 12.3 Å². The molecule has 0 bridgehead atoms. The molecule has 0 aromatic carbocycles. The van der Waals surface area contributed by atoms with Crippen molar-refractivity contribution in [1.82, 2.24) is 0 Å². The monoisotopic (exact) mass is 188 g/mol. The highest BCUT2D eigenvalue weighted by molar-refractivity contribution is 7.93. The summed E-state index contributed by atoms with van der Waals surface area (Å²) in [6.07, 6.45) is 4.81. The van der Waals surface area contributed by atoms with Crippen molar-refractivity contribution in [3.8, 4) is 0 Å². The van der Waals surface area contributed by atoms with Crippen molar-refractivity contribution in [2.75, 3.05) is 6.26 Å². The first-order valence-electron chi connectivity index (χ1n) is 3.61. The fourth-order valence-electron chi connectivity index (χ4n) is 1.20. The molecule has 4 nitrogen and oxygen atoms in total. The molecule has 68 valence electrons. The van der Waals surface area contributed by atoms with Crippen molar-refractivity contribution in [1.29, 1.82) is 5.41 Å². The summed E-state index contributed by atoms with van der Waals surface area (Å²) in [7, 11) is -3.14. The molecule has 1 aliphatic carbocycles. The number of rotatable bonds is 3. The maximum absolute atomic E-state index is 11.2. The number of allylic oxidation sites excluding steroid dienone is 1. The van der Waals surface area contributed by atoms with Crippen LogP contribution in [0.1, 0.15) is 12.8 Å². The molecule has 0 atom stereocenters. The van der Waals surface area contributed by atoms with E-state index in [4.69, 9.17) is 11.1 Å². The third kappa shape index (κ3) is 1.24. The van der Waals surface area contributed by atoms with Gasteiger partial charge >= 0.3 is 0 Å². The Bertz CT molecular complexity index is 325. The van der Waals surface area contributed by atoms with Gasteiger partial charge in [-0.05, 0) is 25.1 Å². The van der Waals surface area contributed by atoms with Crippen molar-refractivity contribution < 1.29 is 8.42 Å². The van der Waals surface area contributed by atoms with Crippen LogP contribution in [0.2, 0.25) is 0 Å². The molecule has 5 heteroatoms. The zero-order chi connectivity index (χ0) is 9.41. The quantitative estimate of drug-likeness (QED) is 0.614. The van der Waals surface area contributed by atoms with Gasteiger partial charge in [-0.2, -0.15) is 0 Å². The number of nitrogens with two attached hydrogens (primary N) is 1. The summed E-state index contributed by atoms with van der Waals surface area (Å²) in [4.78, 5) is 0. The minimum Gasteiger partial charge on any atom is -0.405 e. The van der Waals surface area contributed by atoms with Crippen LogP contribution in [0.25, 0.3) is 0 Å². The lowest BCUT2D eigenvalue weighted by atomic mass is 10.2. The predicted molar refractivity (Wildman–Crippen MR) is 47.9 cm³/mol. The molecule has 0 spiro atoms. The number of hydrogen-bond acceptors (Lipinski definition) is 4. The Labute approximate surface area is 71.9 Å². The third-order valence-corrected chi connectivity index (χ3v) is 4.22. The Hall–Kier alpha value is -0.840. The molecular formula is C7H12N2O2S. The summed E-state index contributed by atoms with van der Waals surface area (Å²) in [5.74, 6) is 0. The molecule has 0 heterocycles. The average molecular weight is 188 g/mol. The van der Waals surface area contributed by atoms with Gasteiger partial charge in [0.15, 0.2) is 9.84 Å². The van der Waals surface area contributed by atoms with Crippen LogP contribution >= 0.6 is 0 Å². The number of nitrogens with one attached hydrogen (secondary N) is 1. The molecule has 1 aliphatic rings. The summed E-state index contributed by atoms with van der Waals surface area (Å²) in [6, 6.07) is 0. The Balaban J connectivity index is 2.96. The molecular weight excluding hydrogens is 176 g/mol. The number of hydrogen-bond donors (Lipinski definition) is 2. The Morgan fingerprint density at radius 1 is 1.58 bits per heavy atom. The van der Waals surface area contributed by atoms with E-state index in [0.29, 0.717) is 12.8 Å². The molecule has 1 saturated carbocycles. The minimum absolute atomic E-state index is 0.104. The molecule has 0 aromatic rings. The second kappa shape index (κ2) is 2.58. The minimum atomic E-state index is -3.14. The lowest BCUT2D eigenvalue weighted by Crippen LogP contribution is -2.29. The second-order valence-corrected chi connectivity index (χ2v) is 5.37. The Kier molecular flexibility index (Phi) is 1.99. The zero-order valence-electron chi connectivity index (χ0n) is 6.87. The molecule has 0 unspecified atom stereocenters. The van der Waals surface area contributed by atoms with Gasteiger partial charge in [0.25, 0.3) is 0 Å². The first kappa shape index (κ1) is 9.25. The lowest BCUT2D eigenvalue weighted by molar-refractivity contribution is 0.595. The first-order chi connectivity index (χ1) is 5.44. The van der Waals surface area contributed by atoms with E-state index >= 15 is 0 Å². The SMILES string of the molecule is CS(=O)(=O)C1(C(=N)/C=C\N)CC1. The zero-order valence-corrected chi connectivity index (χ0v) is 7.69. The largest absolute Gasteiger partial charge is 0.405 e. The van der Waals surface area contributed by atoms with Crippen LogP contribution in [-0.4, -0.2) is 25.1 Å². The standard InChI is InChI=1S/C7H12N2O2S/c1-12(10,11)7(3-4-7)6(9)2-5-8/h2,5,9H,3-4,8H2,1H3/b5-2-,9-6?. The molecule has 0 aromatic heterocycles. The van der Waals surface area contributed by atoms with Crippen molar-refractivity contribution in [3.63, 3.8) is 0 Å². The molecule has 1 fully saturated rings. The van der Waals surface area contributed by atoms with Crippen LogP contribution in [0, 0.1) is 5.41 Å². The summed E-state index contributed by atoms with van der Waals surface area (Å²) >= 11 is 0. The van der Waals surface area contributed by atoms with Crippen LogP contribution in [0.4, 0.5) is 0 Å². The van der Waals surface area contributed by atoms with Crippen LogP contribution in [0.5, 0.6) is 0 Å². The summed E-state index contributed by atoms with van der Waals surface area (Å²) in [5.41, 5.74) is 5.19. The molecule has 12 heavy (non-hydrogen) atoms. The van der Waals surface area contributed by atoms with Gasteiger partial charge in [-0.1, -0.05) is 0 Å². The highest BCUT2D eigenvalue weighted by atomic mass is 32.2. The maximum Gasteiger partial charge on any atom is 0.158 e. The van der Waals surface area contributed by atoms with E-state index in [9.17, 15) is 8.42 Å². The van der Waals surface area contributed by atoms with E-state index in [0.717, 1.165) is 0 Å². The second-order valence-electron chi connectivity index (χ2n) is 3.04. The van der Waals surface area contributed by atoms with Gasteiger partial charge in [-0.3, -0.25) is 0 Å². The van der Waals surface area contributed by atoms with E-state index < -0.39 is 14.6 Å². The van der Waals surface area contributed by atoms with Gasteiger partial charge in [0, 0.05) is 6.26 Å². The van der Waals surface area contributed by atoms with E-state index in [1.54, 1.807) is 0 Å². The summed E-state index contributed by atoms with van der Waals surface area (Å²) in [5, 5.41) is 7.46. The van der Waals surface area contributed by atoms with Gasteiger partial charge in [0.1, 0.15) is 4.75 Å². The van der Waals surface area contributed by atoms with E-state index in [1.807, 2.05) is 0 Å². The first-order valence-corrected chi connectivity index (χ1v) is 5.50. The Morgan fingerprint density at radius 3 is 2.33 bits per heavy atom. The number of sulfone groups is 1. The van der Waals surface area contributed by atoms with Crippen molar-refractivity contribution in [2.24, 2.45) is 5.73 Å². The molecule has 1 rings (SSSR count). The summed E-state index contributed by atoms with van der Waals surface area (Å²) in [6.45, 7) is 0. The fourth-order valence-corrected chi connectivity index (χ4v) is 2.51.